The highest BCUT2D eigenvalue weighted by molar-refractivity contribution is 7.89. The molecule has 2 amide bonds. The van der Waals surface area contributed by atoms with Gasteiger partial charge >= 0.3 is 0 Å². The fourth-order valence-electron chi connectivity index (χ4n) is 3.72. The van der Waals surface area contributed by atoms with Crippen molar-refractivity contribution < 1.29 is 18.0 Å². The molecule has 192 valence electrons. The molecule has 0 radical (unpaired) electrons. The van der Waals surface area contributed by atoms with Crippen molar-refractivity contribution in [1.82, 2.24) is 24.8 Å². The van der Waals surface area contributed by atoms with Crippen molar-refractivity contribution in [2.24, 2.45) is 0 Å². The summed E-state index contributed by atoms with van der Waals surface area (Å²) < 4.78 is 29.7. The summed E-state index contributed by atoms with van der Waals surface area (Å²) in [7, 11) is -2.12. The highest BCUT2D eigenvalue weighted by Crippen LogP contribution is 2.24. The Morgan fingerprint density at radius 3 is 2.56 bits per heavy atom. The Hall–Kier alpha value is -2.35. The molecular formula is C23H26ClN5O4S3. The average Bonchev–Trinajstić information content (AvgIpc) is 3.50. The standard InChI is InChI=1S/C23H26ClN5O4S3/c1-15-26-19(14-34-15)16-4-3-5-17(12-16)36(32,33)27-18(23(31)29-10-8-28(2)9-11-29)13-25-22(30)20-6-7-21(24)35-20/h3-7,12,14,18,27H,8-11,13H2,1-2H3,(H,25,30)/t18-/m0/s1. The highest BCUT2D eigenvalue weighted by Gasteiger charge is 2.31. The number of hydrogen-bond acceptors (Lipinski definition) is 8. The predicted octanol–water partition coefficient (Wildman–Crippen LogP) is 2.68. The molecular weight excluding hydrogens is 542 g/mol. The summed E-state index contributed by atoms with van der Waals surface area (Å²) in [6.45, 7) is 3.98. The maximum atomic E-state index is 13.4. The van der Waals surface area contributed by atoms with Crippen LogP contribution >= 0.6 is 34.3 Å². The Bertz CT molecular complexity index is 1350. The molecule has 0 bridgehead atoms. The zero-order chi connectivity index (χ0) is 25.9. The number of likely N-dealkylation sites (N-methyl/N-ethyl adjacent to an activating group) is 1. The summed E-state index contributed by atoms with van der Waals surface area (Å²) in [6, 6.07) is 8.42. The van der Waals surface area contributed by atoms with Crippen molar-refractivity contribution in [3.8, 4) is 11.3 Å². The van der Waals surface area contributed by atoms with E-state index in [1.807, 2.05) is 19.4 Å². The molecule has 9 nitrogen and oxygen atoms in total. The lowest BCUT2D eigenvalue weighted by Gasteiger charge is -2.34. The Morgan fingerprint density at radius 1 is 1.17 bits per heavy atom. The van der Waals surface area contributed by atoms with Crippen LogP contribution in [0, 0.1) is 6.92 Å². The molecule has 1 aromatic carbocycles. The number of carbonyl (C=O) groups is 2. The van der Waals surface area contributed by atoms with Crippen LogP contribution in [-0.4, -0.2) is 80.8 Å². The molecule has 1 saturated heterocycles. The number of benzene rings is 1. The van der Waals surface area contributed by atoms with Crippen LogP contribution in [0.3, 0.4) is 0 Å². The third-order valence-corrected chi connectivity index (χ3v) is 9.21. The lowest BCUT2D eigenvalue weighted by atomic mass is 10.2. The molecule has 1 atom stereocenters. The predicted molar refractivity (Wildman–Crippen MR) is 142 cm³/mol. The molecule has 13 heteroatoms. The number of thiazole rings is 1. The lowest BCUT2D eigenvalue weighted by molar-refractivity contribution is -0.134. The number of aromatic nitrogens is 1. The first kappa shape index (κ1) is 26.7. The third kappa shape index (κ3) is 6.50. The Labute approximate surface area is 223 Å². The van der Waals surface area contributed by atoms with E-state index in [9.17, 15) is 18.0 Å². The van der Waals surface area contributed by atoms with Gasteiger partial charge in [0.15, 0.2) is 0 Å². The second kappa shape index (κ2) is 11.4. The second-order valence-corrected chi connectivity index (χ2v) is 12.9. The summed E-state index contributed by atoms with van der Waals surface area (Å²) >= 11 is 8.50. The van der Waals surface area contributed by atoms with E-state index >= 15 is 0 Å². The molecule has 4 rings (SSSR count). The van der Waals surface area contributed by atoms with Gasteiger partial charge in [0, 0.05) is 43.7 Å². The van der Waals surface area contributed by atoms with Gasteiger partial charge in [-0.2, -0.15) is 4.72 Å². The van der Waals surface area contributed by atoms with Crippen LogP contribution < -0.4 is 10.0 Å². The van der Waals surface area contributed by atoms with Gasteiger partial charge in [-0.3, -0.25) is 9.59 Å². The Kier molecular flexibility index (Phi) is 8.43. The van der Waals surface area contributed by atoms with Gasteiger partial charge in [0.25, 0.3) is 5.91 Å². The van der Waals surface area contributed by atoms with E-state index in [0.717, 1.165) is 16.3 Å². The molecule has 0 saturated carbocycles. The summed E-state index contributed by atoms with van der Waals surface area (Å²) in [5, 5.41) is 5.41. The zero-order valence-electron chi connectivity index (χ0n) is 19.7. The van der Waals surface area contributed by atoms with Crippen LogP contribution in [0.2, 0.25) is 4.34 Å². The largest absolute Gasteiger partial charge is 0.349 e. The summed E-state index contributed by atoms with van der Waals surface area (Å²) in [4.78, 5) is 34.5. The quantitative estimate of drug-likeness (QED) is 0.433. The number of nitrogens with zero attached hydrogens (tertiary/aromatic N) is 3. The number of aryl methyl sites for hydroxylation is 1. The van der Waals surface area contributed by atoms with Crippen LogP contribution in [0.15, 0.2) is 46.7 Å². The molecule has 1 aliphatic rings. The third-order valence-electron chi connectivity index (χ3n) is 5.73. The summed E-state index contributed by atoms with van der Waals surface area (Å²) in [5.74, 6) is -0.814. The average molecular weight is 568 g/mol. The van der Waals surface area contributed by atoms with Crippen LogP contribution in [0.5, 0.6) is 0 Å². The van der Waals surface area contributed by atoms with Crippen LogP contribution in [0.4, 0.5) is 0 Å². The van der Waals surface area contributed by atoms with Gasteiger partial charge in [-0.1, -0.05) is 23.7 Å². The van der Waals surface area contributed by atoms with Crippen molar-refractivity contribution in [2.45, 2.75) is 17.9 Å². The monoisotopic (exact) mass is 567 g/mol. The summed E-state index contributed by atoms with van der Waals surface area (Å²) in [5.41, 5.74) is 1.34. The zero-order valence-corrected chi connectivity index (χ0v) is 22.9. The lowest BCUT2D eigenvalue weighted by Crippen LogP contribution is -2.57. The molecule has 3 aromatic rings. The van der Waals surface area contributed by atoms with E-state index in [1.165, 1.54) is 23.5 Å². The van der Waals surface area contributed by atoms with E-state index in [4.69, 9.17) is 11.6 Å². The number of halogens is 1. The molecule has 0 aliphatic carbocycles. The van der Waals surface area contributed by atoms with Crippen molar-refractivity contribution in [3.63, 3.8) is 0 Å². The van der Waals surface area contributed by atoms with Gasteiger partial charge in [0.1, 0.15) is 6.04 Å². The van der Waals surface area contributed by atoms with Crippen LogP contribution in [0.25, 0.3) is 11.3 Å². The fourth-order valence-corrected chi connectivity index (χ4v) is 6.53. The number of piperazine rings is 1. The minimum Gasteiger partial charge on any atom is -0.349 e. The minimum absolute atomic E-state index is 0.0122. The van der Waals surface area contributed by atoms with Gasteiger partial charge < -0.3 is 15.1 Å². The molecule has 1 fully saturated rings. The number of rotatable bonds is 8. The van der Waals surface area contributed by atoms with Crippen molar-refractivity contribution >= 4 is 56.1 Å². The number of hydrogen-bond donors (Lipinski definition) is 2. The van der Waals surface area contributed by atoms with Crippen LogP contribution in [0.1, 0.15) is 14.7 Å². The van der Waals surface area contributed by atoms with Gasteiger partial charge in [0.2, 0.25) is 15.9 Å². The van der Waals surface area contributed by atoms with E-state index < -0.39 is 22.0 Å². The molecule has 3 heterocycles. The molecule has 2 aromatic heterocycles. The molecule has 0 spiro atoms. The van der Waals surface area contributed by atoms with Crippen molar-refractivity contribution in [3.05, 3.63) is 56.0 Å². The smallest absolute Gasteiger partial charge is 0.261 e. The van der Waals surface area contributed by atoms with E-state index in [2.05, 4.69) is 19.9 Å². The number of amides is 2. The Morgan fingerprint density at radius 2 is 1.92 bits per heavy atom. The first-order chi connectivity index (χ1) is 17.1. The van der Waals surface area contributed by atoms with E-state index in [-0.39, 0.29) is 17.3 Å². The second-order valence-electron chi connectivity index (χ2n) is 8.40. The minimum atomic E-state index is -4.09. The topological polar surface area (TPSA) is 112 Å². The number of nitrogens with one attached hydrogen (secondary N) is 2. The fraction of sp³-hybridized carbons (Fsp3) is 0.348. The normalized spacial score (nSPS) is 15.6. The van der Waals surface area contributed by atoms with Gasteiger partial charge in [-0.25, -0.2) is 13.4 Å². The molecule has 36 heavy (non-hydrogen) atoms. The maximum Gasteiger partial charge on any atom is 0.261 e. The first-order valence-corrected chi connectivity index (χ1v) is 14.7. The van der Waals surface area contributed by atoms with E-state index in [0.29, 0.717) is 46.6 Å². The molecule has 2 N–H and O–H groups in total. The van der Waals surface area contributed by atoms with Gasteiger partial charge in [-0.15, -0.1) is 22.7 Å². The van der Waals surface area contributed by atoms with Gasteiger partial charge in [-0.05, 0) is 38.2 Å². The number of carbonyl (C=O) groups excluding carboxylic acids is 2. The molecule has 1 aliphatic heterocycles. The summed E-state index contributed by atoms with van der Waals surface area (Å²) in [6.07, 6.45) is 0. The Balaban J connectivity index is 1.55. The molecule has 0 unspecified atom stereocenters. The first-order valence-electron chi connectivity index (χ1n) is 11.2. The van der Waals surface area contributed by atoms with Crippen LogP contribution in [-0.2, 0) is 14.8 Å². The van der Waals surface area contributed by atoms with Gasteiger partial charge in [0.05, 0.1) is 24.8 Å². The van der Waals surface area contributed by atoms with E-state index in [1.54, 1.807) is 29.2 Å². The highest BCUT2D eigenvalue weighted by atomic mass is 35.5. The maximum absolute atomic E-state index is 13.4. The number of thiophene rings is 1. The SMILES string of the molecule is Cc1nc(-c2cccc(S(=O)(=O)N[C@@H](CNC(=O)c3ccc(Cl)s3)C(=O)N3CCN(C)CC3)c2)cs1. The number of sulfonamides is 1. The van der Waals surface area contributed by atoms with Crippen molar-refractivity contribution in [2.75, 3.05) is 39.8 Å². The van der Waals surface area contributed by atoms with Crippen molar-refractivity contribution in [1.29, 1.82) is 0 Å².